The summed E-state index contributed by atoms with van der Waals surface area (Å²) in [6.45, 7) is 12.1. The Kier molecular flexibility index (Phi) is 12.3. The van der Waals surface area contributed by atoms with Crippen molar-refractivity contribution in [1.29, 1.82) is 0 Å². The van der Waals surface area contributed by atoms with Crippen molar-refractivity contribution in [2.75, 3.05) is 60.2 Å². The molecular formula is C21H37IN4O3. The van der Waals surface area contributed by atoms with Gasteiger partial charge in [0, 0.05) is 32.2 Å². The Balaban J connectivity index is 0.00000420. The number of morpholine rings is 1. The van der Waals surface area contributed by atoms with E-state index in [0.29, 0.717) is 18.7 Å². The lowest BCUT2D eigenvalue weighted by molar-refractivity contribution is -0.0166. The molecule has 0 bridgehead atoms. The normalized spacial score (nSPS) is 18.5. The number of methoxy groups -OCH3 is 1. The molecule has 1 fully saturated rings. The molecule has 8 heteroatoms. The van der Waals surface area contributed by atoms with Crippen LogP contribution in [0, 0.1) is 0 Å². The summed E-state index contributed by atoms with van der Waals surface area (Å²) in [6.07, 6.45) is 0. The fourth-order valence-electron chi connectivity index (χ4n) is 3.27. The Hall–Kier alpha value is -1.26. The highest BCUT2D eigenvalue weighted by Crippen LogP contribution is 2.16. The Morgan fingerprint density at radius 3 is 2.66 bits per heavy atom. The van der Waals surface area contributed by atoms with Crippen LogP contribution < -0.4 is 14.8 Å². The second kappa shape index (κ2) is 13.9. The maximum Gasteiger partial charge on any atom is 0.193 e. The highest BCUT2D eigenvalue weighted by atomic mass is 127. The van der Waals surface area contributed by atoms with Gasteiger partial charge in [0.15, 0.2) is 5.96 Å². The summed E-state index contributed by atoms with van der Waals surface area (Å²) < 4.78 is 16.5. The van der Waals surface area contributed by atoms with E-state index in [-0.39, 0.29) is 24.0 Å². The van der Waals surface area contributed by atoms with Crippen LogP contribution in [0.3, 0.4) is 0 Å². The van der Waals surface area contributed by atoms with Crippen LogP contribution in [0.4, 0.5) is 0 Å². The lowest BCUT2D eigenvalue weighted by Crippen LogP contribution is -2.49. The molecule has 2 rings (SSSR count). The number of nitrogens with zero attached hydrogens (tertiary/aromatic N) is 3. The van der Waals surface area contributed by atoms with E-state index >= 15 is 0 Å². The second-order valence-electron chi connectivity index (χ2n) is 7.15. The van der Waals surface area contributed by atoms with E-state index in [0.717, 1.165) is 56.9 Å². The molecule has 0 amide bonds. The third-order valence-corrected chi connectivity index (χ3v) is 4.94. The molecular weight excluding hydrogens is 483 g/mol. The van der Waals surface area contributed by atoms with E-state index in [1.807, 2.05) is 31.3 Å². The van der Waals surface area contributed by atoms with Gasteiger partial charge in [-0.1, -0.05) is 0 Å². The molecule has 0 aromatic heterocycles. The zero-order valence-corrected chi connectivity index (χ0v) is 20.7. The standard InChI is InChI=1S/C21H36N4O3.HI/c1-6-22-21(23-15-17(2)25-12-13-27-16-18(25)3)24(4)11-14-28-20-9-7-19(26-5)8-10-20;/h7-10,17-18H,6,11-16H2,1-5H3,(H,22,23);1H. The number of halogens is 1. The summed E-state index contributed by atoms with van der Waals surface area (Å²) in [5, 5.41) is 3.38. The van der Waals surface area contributed by atoms with Crippen LogP contribution in [0.2, 0.25) is 0 Å². The maximum atomic E-state index is 5.84. The molecule has 2 atom stereocenters. The van der Waals surface area contributed by atoms with E-state index in [1.165, 1.54) is 0 Å². The van der Waals surface area contributed by atoms with E-state index in [9.17, 15) is 0 Å². The van der Waals surface area contributed by atoms with Crippen LogP contribution in [0.15, 0.2) is 29.3 Å². The number of aliphatic imine (C=N–C) groups is 1. The molecule has 1 aliphatic heterocycles. The van der Waals surface area contributed by atoms with Crippen molar-refractivity contribution in [3.63, 3.8) is 0 Å². The minimum atomic E-state index is 0. The highest BCUT2D eigenvalue weighted by molar-refractivity contribution is 14.0. The molecule has 1 N–H and O–H groups in total. The average molecular weight is 520 g/mol. The van der Waals surface area contributed by atoms with E-state index in [4.69, 9.17) is 19.2 Å². The van der Waals surface area contributed by atoms with Crippen molar-refractivity contribution < 1.29 is 14.2 Å². The number of benzene rings is 1. The van der Waals surface area contributed by atoms with Crippen molar-refractivity contribution in [1.82, 2.24) is 15.1 Å². The van der Waals surface area contributed by atoms with E-state index in [2.05, 4.69) is 35.9 Å². The molecule has 0 saturated carbocycles. The van der Waals surface area contributed by atoms with Crippen molar-refractivity contribution in [3.8, 4) is 11.5 Å². The number of nitrogens with one attached hydrogen (secondary N) is 1. The molecule has 0 radical (unpaired) electrons. The number of guanidine groups is 1. The number of hydrogen-bond donors (Lipinski definition) is 1. The van der Waals surface area contributed by atoms with Crippen LogP contribution in [0.5, 0.6) is 11.5 Å². The van der Waals surface area contributed by atoms with Crippen molar-refractivity contribution >= 4 is 29.9 Å². The molecule has 29 heavy (non-hydrogen) atoms. The van der Waals surface area contributed by atoms with Crippen LogP contribution in [-0.4, -0.2) is 88.0 Å². The average Bonchev–Trinajstić information content (AvgIpc) is 2.71. The van der Waals surface area contributed by atoms with Gasteiger partial charge in [0.2, 0.25) is 0 Å². The zero-order chi connectivity index (χ0) is 20.4. The minimum absolute atomic E-state index is 0. The molecule has 0 spiro atoms. The van der Waals surface area contributed by atoms with E-state index < -0.39 is 0 Å². The van der Waals surface area contributed by atoms with Crippen molar-refractivity contribution in [2.45, 2.75) is 32.9 Å². The molecule has 1 aliphatic rings. The Bertz CT molecular complexity index is 600. The van der Waals surface area contributed by atoms with E-state index in [1.54, 1.807) is 7.11 Å². The van der Waals surface area contributed by atoms with Crippen LogP contribution in [0.1, 0.15) is 20.8 Å². The number of hydrogen-bond acceptors (Lipinski definition) is 5. The lowest BCUT2D eigenvalue weighted by Gasteiger charge is -2.37. The molecule has 1 heterocycles. The third kappa shape index (κ3) is 8.55. The summed E-state index contributed by atoms with van der Waals surface area (Å²) >= 11 is 0. The summed E-state index contributed by atoms with van der Waals surface area (Å²) in [4.78, 5) is 9.44. The van der Waals surface area contributed by atoms with Gasteiger partial charge < -0.3 is 24.4 Å². The molecule has 166 valence electrons. The topological polar surface area (TPSA) is 58.6 Å². The van der Waals surface area contributed by atoms with Gasteiger partial charge in [0.1, 0.15) is 18.1 Å². The molecule has 0 aliphatic carbocycles. The molecule has 1 aromatic rings. The monoisotopic (exact) mass is 520 g/mol. The molecule has 2 unspecified atom stereocenters. The first kappa shape index (κ1) is 25.8. The second-order valence-corrected chi connectivity index (χ2v) is 7.15. The number of rotatable bonds is 9. The van der Waals surface area contributed by atoms with Gasteiger partial charge in [-0.05, 0) is 45.0 Å². The molecule has 7 nitrogen and oxygen atoms in total. The minimum Gasteiger partial charge on any atom is -0.497 e. The van der Waals surface area contributed by atoms with Gasteiger partial charge in [-0.25, -0.2) is 0 Å². The Labute approximate surface area is 192 Å². The molecule has 1 saturated heterocycles. The highest BCUT2D eigenvalue weighted by Gasteiger charge is 2.23. The zero-order valence-electron chi connectivity index (χ0n) is 18.4. The summed E-state index contributed by atoms with van der Waals surface area (Å²) in [6, 6.07) is 8.47. The van der Waals surface area contributed by atoms with Crippen LogP contribution in [-0.2, 0) is 4.74 Å². The fourth-order valence-corrected chi connectivity index (χ4v) is 3.27. The summed E-state index contributed by atoms with van der Waals surface area (Å²) in [7, 11) is 3.70. The Morgan fingerprint density at radius 2 is 2.03 bits per heavy atom. The van der Waals surface area contributed by atoms with Crippen molar-refractivity contribution in [2.24, 2.45) is 4.99 Å². The van der Waals surface area contributed by atoms with Gasteiger partial charge in [0.05, 0.1) is 33.4 Å². The predicted molar refractivity (Wildman–Crippen MR) is 129 cm³/mol. The smallest absolute Gasteiger partial charge is 0.193 e. The first-order valence-corrected chi connectivity index (χ1v) is 10.1. The SMILES string of the molecule is CCNC(=NCC(C)N1CCOCC1C)N(C)CCOc1ccc(OC)cc1.I. The van der Waals surface area contributed by atoms with Gasteiger partial charge in [-0.15, -0.1) is 24.0 Å². The fraction of sp³-hybridized carbons (Fsp3) is 0.667. The van der Waals surface area contributed by atoms with Gasteiger partial charge in [-0.2, -0.15) is 0 Å². The van der Waals surface area contributed by atoms with Crippen LogP contribution in [0.25, 0.3) is 0 Å². The molecule has 1 aromatic carbocycles. The number of ether oxygens (including phenoxy) is 3. The number of likely N-dealkylation sites (N-methyl/N-ethyl adjacent to an activating group) is 1. The first-order chi connectivity index (χ1) is 13.5. The largest absolute Gasteiger partial charge is 0.497 e. The third-order valence-electron chi connectivity index (χ3n) is 4.94. The predicted octanol–water partition coefficient (Wildman–Crippen LogP) is 2.70. The van der Waals surface area contributed by atoms with Crippen LogP contribution >= 0.6 is 24.0 Å². The van der Waals surface area contributed by atoms with Crippen molar-refractivity contribution in [3.05, 3.63) is 24.3 Å². The quantitative estimate of drug-likeness (QED) is 0.307. The summed E-state index contributed by atoms with van der Waals surface area (Å²) in [5.41, 5.74) is 0. The van der Waals surface area contributed by atoms with Gasteiger partial charge in [0.25, 0.3) is 0 Å². The Morgan fingerprint density at radius 1 is 1.34 bits per heavy atom. The summed E-state index contributed by atoms with van der Waals surface area (Å²) in [5.74, 6) is 2.58. The maximum absolute atomic E-state index is 5.84. The lowest BCUT2D eigenvalue weighted by atomic mass is 10.2. The first-order valence-electron chi connectivity index (χ1n) is 10.1. The van der Waals surface area contributed by atoms with Gasteiger partial charge >= 0.3 is 0 Å². The van der Waals surface area contributed by atoms with Gasteiger partial charge in [-0.3, -0.25) is 9.89 Å².